The van der Waals surface area contributed by atoms with Crippen LogP contribution in [0.3, 0.4) is 0 Å². The highest BCUT2D eigenvalue weighted by Crippen LogP contribution is 2.29. The predicted molar refractivity (Wildman–Crippen MR) is 139 cm³/mol. The highest BCUT2D eigenvalue weighted by Gasteiger charge is 2.18. The number of nitrogens with one attached hydrogen (secondary N) is 1. The van der Waals surface area contributed by atoms with Gasteiger partial charge in [0, 0.05) is 17.8 Å². The Bertz CT molecular complexity index is 1080. The molecule has 7 heteroatoms. The molecule has 0 unspecified atom stereocenters. The fraction of sp³-hybridized carbons (Fsp3) is 0.444. The van der Waals surface area contributed by atoms with Crippen LogP contribution in [-0.2, 0) is 24.2 Å². The largest absolute Gasteiger partial charge is 0.490 e. The number of ether oxygens (including phenoxy) is 1. The number of thioether (sulfide) groups is 1. The van der Waals surface area contributed by atoms with Crippen LogP contribution in [0.4, 0.5) is 5.69 Å². The second kappa shape index (κ2) is 11.6. The summed E-state index contributed by atoms with van der Waals surface area (Å²) in [6, 6.07) is 14.3. The molecule has 1 N–H and O–H groups in total. The predicted octanol–water partition coefficient (Wildman–Crippen LogP) is 6.14. The standard InChI is InChI=1S/C27H34N4O2S/c1-4-19-10-9-11-20(5-2)25(19)28-24(32)18-34-27-30-29-26(31(27)6-3)21-14-16-23(17-15-21)33-22-12-7-8-13-22/h9-11,14-17,22H,4-8,12-13,18H2,1-3H3,(H,28,32). The Balaban J connectivity index is 1.41. The molecule has 1 aliphatic rings. The third-order valence-corrected chi connectivity index (χ3v) is 7.31. The molecule has 4 rings (SSSR count). The van der Waals surface area contributed by atoms with E-state index in [0.717, 1.165) is 71.3 Å². The Hall–Kier alpha value is -2.80. The first-order valence-electron chi connectivity index (χ1n) is 12.4. The molecule has 3 aromatic rings. The Labute approximate surface area is 206 Å². The van der Waals surface area contributed by atoms with E-state index in [0.29, 0.717) is 6.10 Å². The number of benzene rings is 2. The van der Waals surface area contributed by atoms with E-state index in [4.69, 9.17) is 4.74 Å². The minimum atomic E-state index is -0.0267. The van der Waals surface area contributed by atoms with Crippen molar-refractivity contribution in [3.05, 3.63) is 53.6 Å². The number of hydrogen-bond donors (Lipinski definition) is 1. The van der Waals surface area contributed by atoms with E-state index in [1.54, 1.807) is 0 Å². The van der Waals surface area contributed by atoms with Crippen molar-refractivity contribution in [3.63, 3.8) is 0 Å². The Kier molecular flexibility index (Phi) is 8.27. The lowest BCUT2D eigenvalue weighted by Crippen LogP contribution is -2.17. The van der Waals surface area contributed by atoms with Crippen LogP contribution in [0.25, 0.3) is 11.4 Å². The third kappa shape index (κ3) is 5.63. The molecule has 0 saturated heterocycles. The second-order valence-corrected chi connectivity index (χ2v) is 9.54. The van der Waals surface area contributed by atoms with Crippen molar-refractivity contribution >= 4 is 23.4 Å². The first-order chi connectivity index (χ1) is 16.6. The van der Waals surface area contributed by atoms with Crippen LogP contribution < -0.4 is 10.1 Å². The number of aryl methyl sites for hydroxylation is 2. The molecule has 1 aromatic heterocycles. The molecule has 2 aromatic carbocycles. The van der Waals surface area contributed by atoms with Gasteiger partial charge in [-0.05, 0) is 80.8 Å². The van der Waals surface area contributed by atoms with Gasteiger partial charge >= 0.3 is 0 Å². The maximum absolute atomic E-state index is 12.8. The first kappa shape index (κ1) is 24.3. The molecule has 1 fully saturated rings. The van der Waals surface area contributed by atoms with Crippen molar-refractivity contribution in [2.24, 2.45) is 0 Å². The van der Waals surface area contributed by atoms with Gasteiger partial charge in [-0.3, -0.25) is 4.79 Å². The van der Waals surface area contributed by atoms with Crippen molar-refractivity contribution in [1.82, 2.24) is 14.8 Å². The van der Waals surface area contributed by atoms with Crippen molar-refractivity contribution in [2.75, 3.05) is 11.1 Å². The van der Waals surface area contributed by atoms with Crippen molar-refractivity contribution in [3.8, 4) is 17.1 Å². The van der Waals surface area contributed by atoms with E-state index in [9.17, 15) is 4.79 Å². The van der Waals surface area contributed by atoms with Gasteiger partial charge in [-0.2, -0.15) is 0 Å². The van der Waals surface area contributed by atoms with Crippen LogP contribution >= 0.6 is 11.8 Å². The summed E-state index contributed by atoms with van der Waals surface area (Å²) in [5, 5.41) is 12.7. The lowest BCUT2D eigenvalue weighted by Gasteiger charge is -2.14. The van der Waals surface area contributed by atoms with Crippen LogP contribution in [0.15, 0.2) is 47.6 Å². The Morgan fingerprint density at radius 3 is 2.32 bits per heavy atom. The SMILES string of the molecule is CCc1cccc(CC)c1NC(=O)CSc1nnc(-c2ccc(OC3CCCC3)cc2)n1CC. The molecule has 1 amide bonds. The lowest BCUT2D eigenvalue weighted by atomic mass is 10.0. The zero-order valence-electron chi connectivity index (χ0n) is 20.3. The van der Waals surface area contributed by atoms with Crippen molar-refractivity contribution < 1.29 is 9.53 Å². The quantitative estimate of drug-likeness (QED) is 0.354. The van der Waals surface area contributed by atoms with Gasteiger partial charge in [0.2, 0.25) is 5.91 Å². The first-order valence-corrected chi connectivity index (χ1v) is 13.3. The summed E-state index contributed by atoms with van der Waals surface area (Å²) in [4.78, 5) is 12.8. The van der Waals surface area contributed by atoms with Crippen LogP contribution in [0.5, 0.6) is 5.75 Å². The molecular formula is C27H34N4O2S. The molecular weight excluding hydrogens is 444 g/mol. The van der Waals surface area contributed by atoms with Gasteiger partial charge in [0.15, 0.2) is 11.0 Å². The van der Waals surface area contributed by atoms with Crippen LogP contribution in [0.2, 0.25) is 0 Å². The molecule has 1 aliphatic carbocycles. The maximum atomic E-state index is 12.8. The monoisotopic (exact) mass is 478 g/mol. The molecule has 0 radical (unpaired) electrons. The van der Waals surface area contributed by atoms with Gasteiger partial charge in [-0.15, -0.1) is 10.2 Å². The number of hydrogen-bond acceptors (Lipinski definition) is 5. The van der Waals surface area contributed by atoms with Gasteiger partial charge in [0.1, 0.15) is 5.75 Å². The fourth-order valence-corrected chi connectivity index (χ4v) is 5.29. The van der Waals surface area contributed by atoms with Gasteiger partial charge in [0.25, 0.3) is 0 Å². The number of anilines is 1. The number of para-hydroxylation sites is 1. The second-order valence-electron chi connectivity index (χ2n) is 8.59. The van der Waals surface area contributed by atoms with Gasteiger partial charge in [0.05, 0.1) is 11.9 Å². The molecule has 0 bridgehead atoms. The maximum Gasteiger partial charge on any atom is 0.234 e. The van der Waals surface area contributed by atoms with E-state index < -0.39 is 0 Å². The minimum Gasteiger partial charge on any atom is -0.490 e. The van der Waals surface area contributed by atoms with Crippen molar-refractivity contribution in [2.45, 2.75) is 77.1 Å². The average molecular weight is 479 g/mol. The van der Waals surface area contributed by atoms with Gasteiger partial charge in [-0.25, -0.2) is 0 Å². The number of amides is 1. The molecule has 180 valence electrons. The number of rotatable bonds is 10. The molecule has 0 aliphatic heterocycles. The minimum absolute atomic E-state index is 0.0267. The summed E-state index contributed by atoms with van der Waals surface area (Å²) < 4.78 is 8.14. The van der Waals surface area contributed by atoms with Crippen LogP contribution in [-0.4, -0.2) is 32.5 Å². The summed E-state index contributed by atoms with van der Waals surface area (Å²) in [6.45, 7) is 7.01. The topological polar surface area (TPSA) is 69.0 Å². The van der Waals surface area contributed by atoms with Gasteiger partial charge < -0.3 is 14.6 Å². The highest BCUT2D eigenvalue weighted by atomic mass is 32.2. The van der Waals surface area contributed by atoms with Crippen molar-refractivity contribution in [1.29, 1.82) is 0 Å². The average Bonchev–Trinajstić information content (AvgIpc) is 3.53. The number of carbonyl (C=O) groups excluding carboxylic acids is 1. The Morgan fingerprint density at radius 1 is 1.03 bits per heavy atom. The molecule has 0 atom stereocenters. The molecule has 1 saturated carbocycles. The summed E-state index contributed by atoms with van der Waals surface area (Å²) in [5.41, 5.74) is 4.28. The van der Waals surface area contributed by atoms with E-state index in [2.05, 4.69) is 59.1 Å². The van der Waals surface area contributed by atoms with E-state index in [-0.39, 0.29) is 11.7 Å². The normalized spacial score (nSPS) is 13.9. The summed E-state index contributed by atoms with van der Waals surface area (Å²) in [5.74, 6) is 1.97. The smallest absolute Gasteiger partial charge is 0.234 e. The lowest BCUT2D eigenvalue weighted by molar-refractivity contribution is -0.113. The number of carbonyl (C=O) groups is 1. The van der Waals surface area contributed by atoms with E-state index >= 15 is 0 Å². The van der Waals surface area contributed by atoms with Crippen LogP contribution in [0.1, 0.15) is 57.6 Å². The highest BCUT2D eigenvalue weighted by molar-refractivity contribution is 7.99. The molecule has 34 heavy (non-hydrogen) atoms. The van der Waals surface area contributed by atoms with Gasteiger partial charge in [-0.1, -0.05) is 43.8 Å². The van der Waals surface area contributed by atoms with E-state index in [1.807, 2.05) is 24.3 Å². The number of aromatic nitrogens is 3. The van der Waals surface area contributed by atoms with E-state index in [1.165, 1.54) is 24.6 Å². The Morgan fingerprint density at radius 2 is 1.71 bits per heavy atom. The fourth-order valence-electron chi connectivity index (χ4n) is 4.48. The summed E-state index contributed by atoms with van der Waals surface area (Å²) in [7, 11) is 0. The zero-order chi connectivity index (χ0) is 23.9. The molecule has 6 nitrogen and oxygen atoms in total. The molecule has 1 heterocycles. The van der Waals surface area contributed by atoms with Crippen LogP contribution in [0, 0.1) is 0 Å². The third-order valence-electron chi connectivity index (χ3n) is 6.35. The number of nitrogens with zero attached hydrogens (tertiary/aromatic N) is 3. The summed E-state index contributed by atoms with van der Waals surface area (Å²) in [6.07, 6.45) is 6.91. The molecule has 0 spiro atoms. The summed E-state index contributed by atoms with van der Waals surface area (Å²) >= 11 is 1.42. The zero-order valence-corrected chi connectivity index (χ0v) is 21.2.